The van der Waals surface area contributed by atoms with E-state index in [1.54, 1.807) is 24.3 Å². The van der Waals surface area contributed by atoms with Crippen LogP contribution in [-0.4, -0.2) is 12.1 Å². The van der Waals surface area contributed by atoms with Gasteiger partial charge in [0.25, 0.3) is 0 Å². The van der Waals surface area contributed by atoms with Gasteiger partial charge in [-0.2, -0.15) is 0 Å². The van der Waals surface area contributed by atoms with Gasteiger partial charge in [0.2, 0.25) is 0 Å². The van der Waals surface area contributed by atoms with E-state index in [9.17, 15) is 4.79 Å². The highest BCUT2D eigenvalue weighted by atomic mass is 16.5. The normalized spacial score (nSPS) is 32.7. The van der Waals surface area contributed by atoms with E-state index < -0.39 is 0 Å². The van der Waals surface area contributed by atoms with Crippen molar-refractivity contribution in [2.45, 2.75) is 39.7 Å². The zero-order chi connectivity index (χ0) is 15.2. The van der Waals surface area contributed by atoms with Crippen LogP contribution in [0.2, 0.25) is 0 Å². The molecule has 1 aromatic rings. The summed E-state index contributed by atoms with van der Waals surface area (Å²) in [6, 6.07) is 6.67. The minimum absolute atomic E-state index is 0.0369. The van der Waals surface area contributed by atoms with E-state index in [1.165, 1.54) is 6.42 Å². The van der Waals surface area contributed by atoms with Crippen LogP contribution in [0.15, 0.2) is 24.3 Å². The summed E-state index contributed by atoms with van der Waals surface area (Å²) in [4.78, 5) is 15.6. The molecule has 3 fully saturated rings. The number of carbonyl (C=O) groups excluding carboxylic acids is 1. The van der Waals surface area contributed by atoms with Crippen LogP contribution in [0, 0.1) is 29.7 Å². The molecule has 0 aliphatic heterocycles. The highest BCUT2D eigenvalue weighted by molar-refractivity contribution is 5.90. The highest BCUT2D eigenvalue weighted by Crippen LogP contribution is 2.61. The van der Waals surface area contributed by atoms with Gasteiger partial charge in [-0.3, -0.25) is 0 Å². The number of benzene rings is 1. The third-order valence-corrected chi connectivity index (χ3v) is 5.77. The zero-order valence-electron chi connectivity index (χ0n) is 12.8. The fraction of sp³-hybridized carbons (Fsp3) is 0.556. The summed E-state index contributed by atoms with van der Waals surface area (Å²) in [6.45, 7) is 13.8. The van der Waals surface area contributed by atoms with E-state index in [4.69, 9.17) is 11.3 Å². The minimum atomic E-state index is -0.262. The first-order valence-electron chi connectivity index (χ1n) is 7.62. The van der Waals surface area contributed by atoms with Crippen LogP contribution in [0.3, 0.4) is 0 Å². The molecule has 3 saturated carbocycles. The van der Waals surface area contributed by atoms with Crippen molar-refractivity contribution in [3.8, 4) is 0 Å². The first-order valence-corrected chi connectivity index (χ1v) is 7.62. The summed E-state index contributed by atoms with van der Waals surface area (Å²) in [6.07, 6.45) is 2.30. The Morgan fingerprint density at radius 3 is 2.48 bits per heavy atom. The number of ether oxygens (including phenoxy) is 1. The Morgan fingerprint density at radius 1 is 1.29 bits per heavy atom. The fourth-order valence-corrected chi connectivity index (χ4v) is 4.14. The molecule has 3 nitrogen and oxygen atoms in total. The summed E-state index contributed by atoms with van der Waals surface area (Å²) in [5, 5.41) is 0. The van der Waals surface area contributed by atoms with Gasteiger partial charge < -0.3 is 4.74 Å². The van der Waals surface area contributed by atoms with Gasteiger partial charge in [-0.15, -0.1) is 0 Å². The smallest absolute Gasteiger partial charge is 0.338 e. The topological polar surface area (TPSA) is 30.7 Å². The zero-order valence-corrected chi connectivity index (χ0v) is 12.8. The number of hydrogen-bond acceptors (Lipinski definition) is 2. The van der Waals surface area contributed by atoms with Crippen molar-refractivity contribution in [1.82, 2.24) is 0 Å². The summed E-state index contributed by atoms with van der Waals surface area (Å²) in [5.41, 5.74) is 1.48. The van der Waals surface area contributed by atoms with E-state index in [2.05, 4.69) is 25.6 Å². The predicted molar refractivity (Wildman–Crippen MR) is 81.1 cm³/mol. The van der Waals surface area contributed by atoms with Crippen LogP contribution >= 0.6 is 0 Å². The molecule has 4 rings (SSSR count). The molecule has 0 spiro atoms. The largest absolute Gasteiger partial charge is 0.458 e. The number of rotatable bonds is 2. The maximum Gasteiger partial charge on any atom is 0.338 e. The number of esters is 1. The van der Waals surface area contributed by atoms with E-state index in [0.29, 0.717) is 34.4 Å². The Balaban J connectivity index is 1.67. The van der Waals surface area contributed by atoms with Crippen molar-refractivity contribution in [1.29, 1.82) is 0 Å². The molecule has 21 heavy (non-hydrogen) atoms. The number of carbonyl (C=O) groups is 1. The SMILES string of the molecule is [C-]#[N+]c1ccc(C(=O)O[C@H]2C[C@H]3C[C@@H]([C@@H]2C)C3(C)C)cc1. The summed E-state index contributed by atoms with van der Waals surface area (Å²) >= 11 is 0. The molecule has 3 aliphatic carbocycles. The third-order valence-electron chi connectivity index (χ3n) is 5.77. The monoisotopic (exact) mass is 283 g/mol. The van der Waals surface area contributed by atoms with Gasteiger partial charge in [0, 0.05) is 0 Å². The van der Waals surface area contributed by atoms with Gasteiger partial charge in [0.15, 0.2) is 5.69 Å². The van der Waals surface area contributed by atoms with E-state index in [1.807, 2.05) is 0 Å². The summed E-state index contributed by atoms with van der Waals surface area (Å²) < 4.78 is 5.74. The fourth-order valence-electron chi connectivity index (χ4n) is 4.14. The third kappa shape index (κ3) is 2.23. The van der Waals surface area contributed by atoms with Gasteiger partial charge >= 0.3 is 5.97 Å². The first kappa shape index (κ1) is 14.1. The Kier molecular flexibility index (Phi) is 3.28. The molecule has 1 aromatic carbocycles. The molecule has 3 heteroatoms. The van der Waals surface area contributed by atoms with Crippen molar-refractivity contribution >= 4 is 11.7 Å². The molecule has 0 aromatic heterocycles. The van der Waals surface area contributed by atoms with Crippen molar-refractivity contribution < 1.29 is 9.53 Å². The maximum absolute atomic E-state index is 12.2. The lowest BCUT2D eigenvalue weighted by Crippen LogP contribution is -2.57. The highest BCUT2D eigenvalue weighted by Gasteiger charge is 2.57. The number of nitrogens with zero attached hydrogens (tertiary/aromatic N) is 1. The van der Waals surface area contributed by atoms with Crippen LogP contribution in [0.5, 0.6) is 0 Å². The van der Waals surface area contributed by atoms with Gasteiger partial charge in [-0.25, -0.2) is 9.64 Å². The van der Waals surface area contributed by atoms with Crippen molar-refractivity contribution in [2.75, 3.05) is 0 Å². The molecule has 0 N–H and O–H groups in total. The van der Waals surface area contributed by atoms with Crippen LogP contribution < -0.4 is 0 Å². The van der Waals surface area contributed by atoms with E-state index >= 15 is 0 Å². The number of hydrogen-bond donors (Lipinski definition) is 0. The molecule has 3 aliphatic rings. The van der Waals surface area contributed by atoms with Crippen molar-refractivity contribution in [3.63, 3.8) is 0 Å². The Bertz CT molecular complexity index is 597. The second-order valence-corrected chi connectivity index (χ2v) is 7.06. The maximum atomic E-state index is 12.2. The lowest BCUT2D eigenvalue weighted by Gasteiger charge is -2.61. The van der Waals surface area contributed by atoms with Crippen LogP contribution in [0.1, 0.15) is 44.0 Å². The van der Waals surface area contributed by atoms with Crippen molar-refractivity contribution in [3.05, 3.63) is 41.2 Å². The van der Waals surface area contributed by atoms with E-state index in [0.717, 1.165) is 6.42 Å². The number of fused-ring (bicyclic) bond motifs is 2. The average Bonchev–Trinajstić information content (AvgIpc) is 2.48. The Labute approximate surface area is 126 Å². The lowest BCUT2D eigenvalue weighted by molar-refractivity contribution is -0.156. The van der Waals surface area contributed by atoms with Gasteiger partial charge in [-0.05, 0) is 36.0 Å². The Hall–Kier alpha value is -1.82. The molecule has 0 radical (unpaired) electrons. The lowest BCUT2D eigenvalue weighted by atomic mass is 9.45. The van der Waals surface area contributed by atoms with Crippen molar-refractivity contribution in [2.24, 2.45) is 23.2 Å². The van der Waals surface area contributed by atoms with Gasteiger partial charge in [0.05, 0.1) is 12.1 Å². The first-order chi connectivity index (χ1) is 9.93. The summed E-state index contributed by atoms with van der Waals surface area (Å²) in [7, 11) is 0. The summed E-state index contributed by atoms with van der Waals surface area (Å²) in [5.74, 6) is 1.51. The van der Waals surface area contributed by atoms with Crippen LogP contribution in [0.4, 0.5) is 5.69 Å². The van der Waals surface area contributed by atoms with Crippen LogP contribution in [-0.2, 0) is 4.74 Å². The molecule has 110 valence electrons. The molecule has 0 amide bonds. The van der Waals surface area contributed by atoms with Crippen LogP contribution in [0.25, 0.3) is 4.85 Å². The molecule has 0 unspecified atom stereocenters. The minimum Gasteiger partial charge on any atom is -0.458 e. The van der Waals surface area contributed by atoms with Gasteiger partial charge in [-0.1, -0.05) is 45.0 Å². The standard InChI is InChI=1S/C18H21NO2/c1-11-15-9-13(18(15,2)3)10-16(11)21-17(20)12-5-7-14(19-4)8-6-12/h5-8,11,13,15-16H,9-10H2,1-3H3/t11-,13+,15-,16-/m0/s1. The Morgan fingerprint density at radius 2 is 1.95 bits per heavy atom. The molecule has 0 saturated heterocycles. The predicted octanol–water partition coefficient (Wildman–Crippen LogP) is 4.46. The van der Waals surface area contributed by atoms with E-state index in [-0.39, 0.29) is 12.1 Å². The molecular formula is C18H21NO2. The molecule has 4 atom stereocenters. The molecule has 0 heterocycles. The quantitative estimate of drug-likeness (QED) is 0.592. The average molecular weight is 283 g/mol. The molecule has 2 bridgehead atoms. The second kappa shape index (κ2) is 4.87. The molecular weight excluding hydrogens is 262 g/mol. The second-order valence-electron chi connectivity index (χ2n) is 7.06. The van der Waals surface area contributed by atoms with Gasteiger partial charge in [0.1, 0.15) is 6.10 Å².